The summed E-state index contributed by atoms with van der Waals surface area (Å²) in [4.78, 5) is 4.07. The second-order valence-electron chi connectivity index (χ2n) is 5.19. The van der Waals surface area contributed by atoms with Crippen molar-refractivity contribution in [2.45, 2.75) is 0 Å². The Kier molecular flexibility index (Phi) is 3.59. The predicted molar refractivity (Wildman–Crippen MR) is 95.1 cm³/mol. The molecule has 0 bridgehead atoms. The van der Waals surface area contributed by atoms with Gasteiger partial charge in [0.25, 0.3) is 0 Å². The number of benzene rings is 1. The minimum atomic E-state index is 0.461. The van der Waals surface area contributed by atoms with Crippen LogP contribution in [-0.4, -0.2) is 19.9 Å². The van der Waals surface area contributed by atoms with Crippen molar-refractivity contribution < 1.29 is 0 Å². The summed E-state index contributed by atoms with van der Waals surface area (Å²) < 4.78 is 1.66. The maximum absolute atomic E-state index is 6.55. The van der Waals surface area contributed by atoms with Crippen LogP contribution in [0.1, 0.15) is 11.1 Å². The Morgan fingerprint density at radius 3 is 2.25 bits per heavy atom. The first-order valence-corrected chi connectivity index (χ1v) is 7.89. The Bertz CT molecular complexity index is 1050. The lowest BCUT2D eigenvalue weighted by Gasteiger charge is -2.21. The van der Waals surface area contributed by atoms with Crippen molar-refractivity contribution in [3.63, 3.8) is 0 Å². The van der Waals surface area contributed by atoms with E-state index in [4.69, 9.17) is 23.2 Å². The van der Waals surface area contributed by atoms with Crippen molar-refractivity contribution >= 4 is 40.9 Å². The molecular weight excluding hydrogens is 345 g/mol. The Morgan fingerprint density at radius 1 is 0.875 bits per heavy atom. The third kappa shape index (κ3) is 2.38. The molecule has 24 heavy (non-hydrogen) atoms. The van der Waals surface area contributed by atoms with Gasteiger partial charge in [-0.25, -0.2) is 4.68 Å². The van der Waals surface area contributed by atoms with Crippen molar-refractivity contribution in [2.75, 3.05) is 5.43 Å². The number of nitrogens with zero attached hydrogens (tertiary/aromatic N) is 4. The van der Waals surface area contributed by atoms with E-state index in [1.165, 1.54) is 0 Å². The Balaban J connectivity index is 2.08. The molecule has 0 saturated carbocycles. The average Bonchev–Trinajstić information content (AvgIpc) is 2.96. The van der Waals surface area contributed by atoms with E-state index < -0.39 is 0 Å². The normalized spacial score (nSPS) is 13.7. The molecular formula is C17H11Cl2N5. The van der Waals surface area contributed by atoms with Gasteiger partial charge in [0.15, 0.2) is 11.0 Å². The highest BCUT2D eigenvalue weighted by Gasteiger charge is 2.23. The number of pyridine rings is 1. The van der Waals surface area contributed by atoms with Gasteiger partial charge >= 0.3 is 0 Å². The second-order valence-corrected chi connectivity index (χ2v) is 6.01. The SMILES string of the molecule is C=c1nnc2n1NC(Cl)=C(c1ccncc1)C=2c1ccc(Cl)cc1. The zero-order valence-corrected chi connectivity index (χ0v) is 13.9. The molecule has 1 aromatic carbocycles. The molecule has 1 N–H and O–H groups in total. The van der Waals surface area contributed by atoms with Crippen molar-refractivity contribution in [1.29, 1.82) is 0 Å². The number of allylic oxidation sites excluding steroid dienone is 1. The number of hydrogen-bond donors (Lipinski definition) is 1. The smallest absolute Gasteiger partial charge is 0.184 e. The Morgan fingerprint density at radius 2 is 1.54 bits per heavy atom. The zero-order valence-electron chi connectivity index (χ0n) is 12.4. The lowest BCUT2D eigenvalue weighted by atomic mass is 9.93. The Labute approximate surface area is 147 Å². The van der Waals surface area contributed by atoms with E-state index >= 15 is 0 Å². The molecule has 0 atom stereocenters. The molecule has 1 aliphatic rings. The second kappa shape index (κ2) is 5.78. The van der Waals surface area contributed by atoms with E-state index in [2.05, 4.69) is 27.2 Å². The molecule has 0 aliphatic carbocycles. The van der Waals surface area contributed by atoms with Gasteiger partial charge < -0.3 is 0 Å². The van der Waals surface area contributed by atoms with E-state index in [1.54, 1.807) is 17.1 Å². The first kappa shape index (κ1) is 14.9. The van der Waals surface area contributed by atoms with Gasteiger partial charge in [-0.05, 0) is 35.4 Å². The summed E-state index contributed by atoms with van der Waals surface area (Å²) in [6.45, 7) is 3.87. The van der Waals surface area contributed by atoms with E-state index in [-0.39, 0.29) is 0 Å². The van der Waals surface area contributed by atoms with Crippen LogP contribution in [0.25, 0.3) is 17.7 Å². The average molecular weight is 356 g/mol. The standard InChI is InChI=1S/C17H11Cl2N5/c1-10-21-22-17-15(11-2-4-13(18)5-3-11)14(16(19)23-24(10)17)12-6-8-20-9-7-12/h2-9,23H,1H2. The summed E-state index contributed by atoms with van der Waals surface area (Å²) in [5.41, 5.74) is 7.71. The summed E-state index contributed by atoms with van der Waals surface area (Å²) in [6.07, 6.45) is 3.44. The highest BCUT2D eigenvalue weighted by Crippen LogP contribution is 2.34. The third-order valence-corrected chi connectivity index (χ3v) is 4.26. The topological polar surface area (TPSA) is 55.6 Å². The Hall–Kier alpha value is -2.63. The summed E-state index contributed by atoms with van der Waals surface area (Å²) in [7, 11) is 0. The largest absolute Gasteiger partial charge is 0.279 e. The monoisotopic (exact) mass is 355 g/mol. The van der Waals surface area contributed by atoms with Crippen LogP contribution in [0.5, 0.6) is 0 Å². The van der Waals surface area contributed by atoms with E-state index in [0.717, 1.165) is 22.3 Å². The molecule has 0 spiro atoms. The summed E-state index contributed by atoms with van der Waals surface area (Å²) >= 11 is 12.6. The fourth-order valence-electron chi connectivity index (χ4n) is 2.65. The molecule has 3 heterocycles. The van der Waals surface area contributed by atoms with Crippen LogP contribution in [0.3, 0.4) is 0 Å². The number of nitrogens with one attached hydrogen (secondary N) is 1. The maximum Gasteiger partial charge on any atom is 0.184 e. The maximum atomic E-state index is 6.55. The van der Waals surface area contributed by atoms with Crippen molar-refractivity contribution in [3.05, 3.63) is 81.1 Å². The molecule has 1 aliphatic heterocycles. The fraction of sp³-hybridized carbons (Fsp3) is 0. The number of fused-ring (bicyclic) bond motifs is 1. The molecule has 0 unspecified atom stereocenters. The van der Waals surface area contributed by atoms with Crippen LogP contribution in [-0.2, 0) is 0 Å². The molecule has 5 nitrogen and oxygen atoms in total. The van der Waals surface area contributed by atoms with Crippen LogP contribution in [0.2, 0.25) is 5.02 Å². The predicted octanol–water partition coefficient (Wildman–Crippen LogP) is 2.10. The molecule has 2 aromatic heterocycles. The van der Waals surface area contributed by atoms with E-state index in [9.17, 15) is 0 Å². The van der Waals surface area contributed by atoms with Crippen LogP contribution in [0.15, 0.2) is 53.9 Å². The number of halogens is 2. The fourth-order valence-corrected chi connectivity index (χ4v) is 3.07. The molecule has 0 saturated heterocycles. The van der Waals surface area contributed by atoms with Crippen molar-refractivity contribution in [2.24, 2.45) is 0 Å². The molecule has 7 heteroatoms. The molecule has 0 fully saturated rings. The van der Waals surface area contributed by atoms with Gasteiger partial charge in [0.05, 0.1) is 0 Å². The van der Waals surface area contributed by atoms with Crippen molar-refractivity contribution in [3.8, 4) is 0 Å². The van der Waals surface area contributed by atoms with Crippen LogP contribution < -0.4 is 16.4 Å². The van der Waals surface area contributed by atoms with Gasteiger partial charge in [-0.15, -0.1) is 10.2 Å². The van der Waals surface area contributed by atoms with Crippen LogP contribution in [0, 0.1) is 0 Å². The number of aromatic nitrogens is 4. The van der Waals surface area contributed by atoms with E-state index in [0.29, 0.717) is 21.1 Å². The molecule has 118 valence electrons. The lowest BCUT2D eigenvalue weighted by Crippen LogP contribution is -2.39. The van der Waals surface area contributed by atoms with Gasteiger partial charge in [0.2, 0.25) is 0 Å². The van der Waals surface area contributed by atoms with Gasteiger partial charge in [0.1, 0.15) is 5.16 Å². The molecule has 0 amide bonds. The summed E-state index contributed by atoms with van der Waals surface area (Å²) in [5, 5.41) is 9.43. The highest BCUT2D eigenvalue weighted by atomic mass is 35.5. The first-order chi connectivity index (χ1) is 11.6. The number of hydrogen-bond acceptors (Lipinski definition) is 4. The summed E-state index contributed by atoms with van der Waals surface area (Å²) in [5.74, 6) is 0. The zero-order chi connectivity index (χ0) is 16.7. The molecule has 3 aromatic rings. The minimum absolute atomic E-state index is 0.461. The van der Waals surface area contributed by atoms with Crippen LogP contribution >= 0.6 is 23.2 Å². The quantitative estimate of drug-likeness (QED) is 0.715. The summed E-state index contributed by atoms with van der Waals surface area (Å²) in [6, 6.07) is 11.3. The lowest BCUT2D eigenvalue weighted by molar-refractivity contribution is 0.858. The van der Waals surface area contributed by atoms with Gasteiger partial charge in [-0.3, -0.25) is 10.4 Å². The van der Waals surface area contributed by atoms with Crippen LogP contribution in [0.4, 0.5) is 0 Å². The molecule has 0 radical (unpaired) electrons. The first-order valence-electron chi connectivity index (χ1n) is 7.13. The van der Waals surface area contributed by atoms with E-state index in [1.807, 2.05) is 36.4 Å². The van der Waals surface area contributed by atoms with Gasteiger partial charge in [-0.2, -0.15) is 0 Å². The highest BCUT2D eigenvalue weighted by molar-refractivity contribution is 6.36. The molecule has 4 rings (SSSR count). The third-order valence-electron chi connectivity index (χ3n) is 3.74. The van der Waals surface area contributed by atoms with Gasteiger partial charge in [0, 0.05) is 28.6 Å². The van der Waals surface area contributed by atoms with Gasteiger partial charge in [-0.1, -0.05) is 41.9 Å². The number of rotatable bonds is 2. The minimum Gasteiger partial charge on any atom is -0.279 e. The van der Waals surface area contributed by atoms with Crippen molar-refractivity contribution in [1.82, 2.24) is 19.9 Å².